The van der Waals surface area contributed by atoms with Crippen molar-refractivity contribution in [2.24, 2.45) is 11.8 Å². The van der Waals surface area contributed by atoms with Crippen LogP contribution in [0.2, 0.25) is 0 Å². The molecule has 1 aliphatic heterocycles. The molecule has 1 saturated carbocycles. The summed E-state index contributed by atoms with van der Waals surface area (Å²) >= 11 is 1.88. The first-order valence-electron chi connectivity index (χ1n) is 6.29. The molecule has 2 aliphatic rings. The Bertz CT molecular complexity index is 233. The Labute approximate surface area is 101 Å². The Morgan fingerprint density at radius 2 is 2.00 bits per heavy atom. The van der Waals surface area contributed by atoms with Crippen molar-refractivity contribution in [1.82, 2.24) is 5.32 Å². The highest BCUT2D eigenvalue weighted by molar-refractivity contribution is 7.99. The molecule has 92 valence electrons. The molecule has 4 heteroatoms. The zero-order chi connectivity index (χ0) is 11.4. The molecule has 2 rings (SSSR count). The molecule has 0 spiro atoms. The molecule has 1 aliphatic carbocycles. The number of carbonyl (C=O) groups excluding carboxylic acids is 1. The average Bonchev–Trinajstić information content (AvgIpc) is 2.81. The van der Waals surface area contributed by atoms with Crippen LogP contribution in [0.15, 0.2) is 0 Å². The summed E-state index contributed by atoms with van der Waals surface area (Å²) in [7, 11) is 0. The zero-order valence-corrected chi connectivity index (χ0v) is 10.5. The number of thioether (sulfide) groups is 1. The molecule has 1 amide bonds. The van der Waals surface area contributed by atoms with Gasteiger partial charge in [0.05, 0.1) is 6.10 Å². The van der Waals surface area contributed by atoms with Crippen LogP contribution in [0.1, 0.15) is 32.1 Å². The number of hydrogen-bond acceptors (Lipinski definition) is 3. The van der Waals surface area contributed by atoms with Gasteiger partial charge in [-0.3, -0.25) is 4.79 Å². The number of hydrogen-bond donors (Lipinski definition) is 2. The van der Waals surface area contributed by atoms with E-state index in [2.05, 4.69) is 5.32 Å². The number of amides is 1. The van der Waals surface area contributed by atoms with Crippen molar-refractivity contribution in [3.8, 4) is 0 Å². The minimum absolute atomic E-state index is 0.0989. The van der Waals surface area contributed by atoms with Gasteiger partial charge in [0, 0.05) is 18.2 Å². The summed E-state index contributed by atoms with van der Waals surface area (Å²) in [4.78, 5) is 11.8. The van der Waals surface area contributed by atoms with Crippen LogP contribution in [0, 0.1) is 11.8 Å². The fourth-order valence-corrected chi connectivity index (χ4v) is 3.70. The molecular formula is C12H21NO2S. The molecule has 2 N–H and O–H groups in total. The summed E-state index contributed by atoms with van der Waals surface area (Å²) in [5, 5.41) is 12.5. The van der Waals surface area contributed by atoms with Crippen molar-refractivity contribution in [3.05, 3.63) is 0 Å². The molecule has 1 atom stereocenters. The van der Waals surface area contributed by atoms with Gasteiger partial charge in [-0.1, -0.05) is 0 Å². The highest BCUT2D eigenvalue weighted by Gasteiger charge is 2.24. The maximum Gasteiger partial charge on any atom is 0.223 e. The highest BCUT2D eigenvalue weighted by Crippen LogP contribution is 2.25. The SMILES string of the molecule is O=C(NCC1CCC(O)CC1)C1CCSC1. The molecule has 0 bridgehead atoms. The third-order valence-corrected chi connectivity index (χ3v) is 4.84. The fourth-order valence-electron chi connectivity index (χ4n) is 2.48. The number of aliphatic hydroxyl groups excluding tert-OH is 1. The quantitative estimate of drug-likeness (QED) is 0.788. The number of carbonyl (C=O) groups is 1. The Hall–Kier alpha value is -0.220. The lowest BCUT2D eigenvalue weighted by molar-refractivity contribution is -0.124. The first kappa shape index (κ1) is 12.2. The Morgan fingerprint density at radius 3 is 2.62 bits per heavy atom. The van der Waals surface area contributed by atoms with Gasteiger partial charge >= 0.3 is 0 Å². The Morgan fingerprint density at radius 1 is 1.25 bits per heavy atom. The maximum atomic E-state index is 11.8. The smallest absolute Gasteiger partial charge is 0.223 e. The fraction of sp³-hybridized carbons (Fsp3) is 0.917. The first-order chi connectivity index (χ1) is 7.75. The van der Waals surface area contributed by atoms with Gasteiger partial charge in [-0.25, -0.2) is 0 Å². The van der Waals surface area contributed by atoms with Crippen molar-refractivity contribution in [1.29, 1.82) is 0 Å². The van der Waals surface area contributed by atoms with Crippen LogP contribution in [-0.4, -0.2) is 35.2 Å². The van der Waals surface area contributed by atoms with Gasteiger partial charge in [-0.2, -0.15) is 11.8 Å². The lowest BCUT2D eigenvalue weighted by Gasteiger charge is -2.25. The molecule has 2 fully saturated rings. The Balaban J connectivity index is 1.65. The summed E-state index contributed by atoms with van der Waals surface area (Å²) in [6.07, 6.45) is 4.86. The van der Waals surface area contributed by atoms with E-state index in [-0.39, 0.29) is 17.9 Å². The van der Waals surface area contributed by atoms with Gasteiger partial charge in [0.2, 0.25) is 5.91 Å². The lowest BCUT2D eigenvalue weighted by atomic mass is 9.87. The number of rotatable bonds is 3. The summed E-state index contributed by atoms with van der Waals surface area (Å²) in [6.45, 7) is 0.812. The minimum Gasteiger partial charge on any atom is -0.393 e. The van der Waals surface area contributed by atoms with E-state index < -0.39 is 0 Å². The van der Waals surface area contributed by atoms with Crippen molar-refractivity contribution in [2.45, 2.75) is 38.2 Å². The summed E-state index contributed by atoms with van der Waals surface area (Å²) < 4.78 is 0. The van der Waals surface area contributed by atoms with Gasteiger partial charge in [0.25, 0.3) is 0 Å². The maximum absolute atomic E-state index is 11.8. The largest absolute Gasteiger partial charge is 0.393 e. The van der Waals surface area contributed by atoms with E-state index in [9.17, 15) is 9.90 Å². The van der Waals surface area contributed by atoms with Crippen molar-refractivity contribution < 1.29 is 9.90 Å². The third-order valence-electron chi connectivity index (χ3n) is 3.68. The van der Waals surface area contributed by atoms with Crippen molar-refractivity contribution in [2.75, 3.05) is 18.1 Å². The lowest BCUT2D eigenvalue weighted by Crippen LogP contribution is -2.36. The van der Waals surface area contributed by atoms with E-state index in [1.54, 1.807) is 0 Å². The Kier molecular flexibility index (Phi) is 4.53. The van der Waals surface area contributed by atoms with Gasteiger partial charge < -0.3 is 10.4 Å². The molecule has 1 unspecified atom stereocenters. The highest BCUT2D eigenvalue weighted by atomic mass is 32.2. The average molecular weight is 243 g/mol. The summed E-state index contributed by atoms with van der Waals surface area (Å²) in [5.74, 6) is 3.21. The topological polar surface area (TPSA) is 49.3 Å². The second-order valence-electron chi connectivity index (χ2n) is 4.98. The van der Waals surface area contributed by atoms with E-state index in [0.29, 0.717) is 5.92 Å². The van der Waals surface area contributed by atoms with E-state index in [4.69, 9.17) is 0 Å². The van der Waals surface area contributed by atoms with Gasteiger partial charge in [-0.15, -0.1) is 0 Å². The summed E-state index contributed by atoms with van der Waals surface area (Å²) in [5.41, 5.74) is 0. The molecule has 1 heterocycles. The second kappa shape index (κ2) is 5.92. The summed E-state index contributed by atoms with van der Waals surface area (Å²) in [6, 6.07) is 0. The van der Waals surface area contributed by atoms with E-state index in [1.165, 1.54) is 0 Å². The van der Waals surface area contributed by atoms with Crippen LogP contribution in [0.25, 0.3) is 0 Å². The molecule has 0 aromatic rings. The van der Waals surface area contributed by atoms with Crippen LogP contribution in [-0.2, 0) is 4.79 Å². The molecule has 0 aromatic carbocycles. The van der Waals surface area contributed by atoms with Crippen LogP contribution in [0.5, 0.6) is 0 Å². The van der Waals surface area contributed by atoms with Crippen LogP contribution in [0.3, 0.4) is 0 Å². The normalized spacial score (nSPS) is 34.9. The predicted molar refractivity (Wildman–Crippen MR) is 66.4 cm³/mol. The van der Waals surface area contributed by atoms with Gasteiger partial charge in [-0.05, 0) is 43.8 Å². The molecular weight excluding hydrogens is 222 g/mol. The second-order valence-corrected chi connectivity index (χ2v) is 6.13. The predicted octanol–water partition coefficient (Wildman–Crippen LogP) is 1.41. The van der Waals surface area contributed by atoms with Crippen LogP contribution >= 0.6 is 11.8 Å². The van der Waals surface area contributed by atoms with Gasteiger partial charge in [0.1, 0.15) is 0 Å². The van der Waals surface area contributed by atoms with E-state index >= 15 is 0 Å². The molecule has 0 aromatic heterocycles. The van der Waals surface area contributed by atoms with E-state index in [0.717, 1.165) is 50.2 Å². The molecule has 0 radical (unpaired) electrons. The number of aliphatic hydroxyl groups is 1. The molecule has 3 nitrogen and oxygen atoms in total. The monoisotopic (exact) mass is 243 g/mol. The molecule has 16 heavy (non-hydrogen) atoms. The van der Waals surface area contributed by atoms with E-state index in [1.807, 2.05) is 11.8 Å². The first-order valence-corrected chi connectivity index (χ1v) is 7.44. The van der Waals surface area contributed by atoms with Crippen molar-refractivity contribution >= 4 is 17.7 Å². The van der Waals surface area contributed by atoms with Crippen molar-refractivity contribution in [3.63, 3.8) is 0 Å². The van der Waals surface area contributed by atoms with Gasteiger partial charge in [0.15, 0.2) is 0 Å². The minimum atomic E-state index is -0.0989. The zero-order valence-electron chi connectivity index (χ0n) is 9.65. The molecule has 1 saturated heterocycles. The van der Waals surface area contributed by atoms with Crippen LogP contribution in [0.4, 0.5) is 0 Å². The third kappa shape index (κ3) is 3.39. The van der Waals surface area contributed by atoms with Crippen LogP contribution < -0.4 is 5.32 Å². The number of nitrogens with one attached hydrogen (secondary N) is 1. The standard InChI is InChI=1S/C12H21NO2S/c14-11-3-1-9(2-4-11)7-13-12(15)10-5-6-16-8-10/h9-11,14H,1-8H2,(H,13,15).